The van der Waals surface area contributed by atoms with E-state index in [1.54, 1.807) is 0 Å². The fraction of sp³-hybridized carbons (Fsp3) is 0.355. The SMILES string of the molecule is Cc1cc(C)c(N2C=CN(c3c(C)cc(C)cc3C)C2S)c(C)c1.Cc1ccccc1OC(C)C.[Cl-].[Cl-].[Ru+6]. The molecule has 3 aromatic rings. The Morgan fingerprint density at radius 1 is 0.658 bits per heavy atom. The van der Waals surface area contributed by atoms with Crippen molar-refractivity contribution in [3.63, 3.8) is 0 Å². The molecule has 204 valence electrons. The molecule has 0 fully saturated rings. The van der Waals surface area contributed by atoms with E-state index in [-0.39, 0.29) is 55.9 Å². The van der Waals surface area contributed by atoms with Crippen molar-refractivity contribution >= 4 is 24.0 Å². The average molecular weight is 661 g/mol. The summed E-state index contributed by atoms with van der Waals surface area (Å²) in [6, 6.07) is 17.0. The van der Waals surface area contributed by atoms with E-state index in [1.165, 1.54) is 50.3 Å². The molecule has 0 amide bonds. The second-order valence-electron chi connectivity index (χ2n) is 9.89. The molecule has 3 aromatic carbocycles. The number of nitrogens with zero attached hydrogens (tertiary/aromatic N) is 2. The number of anilines is 2. The van der Waals surface area contributed by atoms with Crippen LogP contribution in [0.15, 0.2) is 60.9 Å². The molecule has 0 radical (unpaired) electrons. The molecule has 0 saturated carbocycles. The van der Waals surface area contributed by atoms with Crippen LogP contribution in [-0.4, -0.2) is 11.6 Å². The van der Waals surface area contributed by atoms with Crippen LogP contribution in [0.4, 0.5) is 11.4 Å². The van der Waals surface area contributed by atoms with Crippen molar-refractivity contribution in [2.45, 2.75) is 73.9 Å². The molecule has 0 N–H and O–H groups in total. The molecular formula is C31H40Cl2N2ORuS+4. The summed E-state index contributed by atoms with van der Waals surface area (Å²) in [5.41, 5.74) is 11.4. The quantitative estimate of drug-likeness (QED) is 0.342. The number of hydrogen-bond donors (Lipinski definition) is 1. The third-order valence-electron chi connectivity index (χ3n) is 6.13. The van der Waals surface area contributed by atoms with Crippen LogP contribution < -0.4 is 39.4 Å². The van der Waals surface area contributed by atoms with Crippen LogP contribution in [0, 0.1) is 48.5 Å². The Morgan fingerprint density at radius 3 is 1.37 bits per heavy atom. The zero-order valence-electron chi connectivity index (χ0n) is 23.8. The number of halogens is 2. The molecule has 3 nitrogen and oxygen atoms in total. The molecule has 0 spiro atoms. The summed E-state index contributed by atoms with van der Waals surface area (Å²) in [5.74, 6) is 0.988. The predicted molar refractivity (Wildman–Crippen MR) is 155 cm³/mol. The molecule has 0 aromatic heterocycles. The van der Waals surface area contributed by atoms with E-state index in [1.807, 2.05) is 32.0 Å². The standard InChI is InChI=1S/C21H26N2S.C10H14O.2ClH.Ru/c1-13-9-15(3)19(16(4)10-13)22-7-8-23(21(22)24)20-17(5)11-14(2)12-18(20)6;1-8(2)11-10-7-5-4-6-9(10)3;;;/h7-12,21,24H,1-6H3;4-8H,1-3H3;2*1H;/q;;;;+6/p-2. The summed E-state index contributed by atoms with van der Waals surface area (Å²) in [4.78, 5) is 4.51. The van der Waals surface area contributed by atoms with Gasteiger partial charge in [0.25, 0.3) is 0 Å². The first-order chi connectivity index (χ1) is 16.5. The molecule has 1 aliphatic heterocycles. The summed E-state index contributed by atoms with van der Waals surface area (Å²) in [6.07, 6.45) is 4.54. The van der Waals surface area contributed by atoms with Crippen LogP contribution in [0.5, 0.6) is 5.75 Å². The number of para-hydroxylation sites is 1. The summed E-state index contributed by atoms with van der Waals surface area (Å²) in [7, 11) is 0. The maximum Gasteiger partial charge on any atom is 6.00 e. The van der Waals surface area contributed by atoms with Gasteiger partial charge in [-0.15, -0.1) is 12.6 Å². The first kappa shape index (κ1) is 36.4. The van der Waals surface area contributed by atoms with Crippen LogP contribution in [0.2, 0.25) is 0 Å². The van der Waals surface area contributed by atoms with Gasteiger partial charge in [0.2, 0.25) is 0 Å². The fourth-order valence-electron chi connectivity index (χ4n) is 4.91. The molecule has 0 atom stereocenters. The maximum absolute atomic E-state index is 5.54. The largest absolute Gasteiger partial charge is 6.00 e. The van der Waals surface area contributed by atoms with Gasteiger partial charge in [0.1, 0.15) is 5.75 Å². The molecule has 1 aliphatic rings. The first-order valence-electron chi connectivity index (χ1n) is 12.3. The third kappa shape index (κ3) is 8.68. The average Bonchev–Trinajstić information content (AvgIpc) is 3.09. The smallest absolute Gasteiger partial charge is 1.00 e. The van der Waals surface area contributed by atoms with Gasteiger partial charge < -0.3 is 39.4 Å². The molecule has 0 bridgehead atoms. The second kappa shape index (κ2) is 15.8. The molecule has 4 rings (SSSR count). The zero-order valence-corrected chi connectivity index (χ0v) is 27.9. The van der Waals surface area contributed by atoms with E-state index >= 15 is 0 Å². The number of hydrogen-bond acceptors (Lipinski definition) is 4. The Balaban J connectivity index is 0.000000838. The molecule has 38 heavy (non-hydrogen) atoms. The van der Waals surface area contributed by atoms with Crippen molar-refractivity contribution in [1.82, 2.24) is 0 Å². The summed E-state index contributed by atoms with van der Waals surface area (Å²) < 4.78 is 5.54. The minimum Gasteiger partial charge on any atom is -1.00 e. The summed E-state index contributed by atoms with van der Waals surface area (Å²) >= 11 is 4.94. The minimum absolute atomic E-state index is 0. The second-order valence-corrected chi connectivity index (χ2v) is 10.3. The van der Waals surface area contributed by atoms with E-state index in [0.717, 1.165) is 5.75 Å². The van der Waals surface area contributed by atoms with Gasteiger partial charge in [-0.2, -0.15) is 0 Å². The molecule has 7 heteroatoms. The van der Waals surface area contributed by atoms with Crippen molar-refractivity contribution in [3.05, 3.63) is 99.9 Å². The molecule has 0 saturated heterocycles. The first-order valence-corrected chi connectivity index (χ1v) is 12.8. The molecular weight excluding hydrogens is 620 g/mol. The Labute approximate surface area is 261 Å². The normalized spacial score (nSPS) is 12.3. The van der Waals surface area contributed by atoms with Gasteiger partial charge in [-0.1, -0.05) is 53.6 Å². The summed E-state index contributed by atoms with van der Waals surface area (Å²) in [5, 5.41) is 0. The Hall–Kier alpha value is -1.65. The Morgan fingerprint density at radius 2 is 1.03 bits per heavy atom. The maximum atomic E-state index is 5.54. The van der Waals surface area contributed by atoms with Gasteiger partial charge in [0, 0.05) is 23.8 Å². The van der Waals surface area contributed by atoms with Gasteiger partial charge in [0.05, 0.1) is 6.10 Å². The van der Waals surface area contributed by atoms with Gasteiger partial charge in [-0.05, 0) is 96.2 Å². The number of thiol groups is 1. The number of rotatable bonds is 4. The number of ether oxygens (including phenoxy) is 1. The van der Waals surface area contributed by atoms with E-state index in [4.69, 9.17) is 17.4 Å². The Bertz CT molecular complexity index is 1120. The van der Waals surface area contributed by atoms with Crippen LogP contribution in [0.1, 0.15) is 52.8 Å². The van der Waals surface area contributed by atoms with E-state index in [2.05, 4.69) is 101 Å². The van der Waals surface area contributed by atoms with Crippen LogP contribution in [0.25, 0.3) is 0 Å². The van der Waals surface area contributed by atoms with E-state index in [0.29, 0.717) is 0 Å². The van der Waals surface area contributed by atoms with Crippen molar-refractivity contribution in [2.24, 2.45) is 0 Å². The van der Waals surface area contributed by atoms with Crippen LogP contribution in [0.3, 0.4) is 0 Å². The fourth-order valence-corrected chi connectivity index (χ4v) is 5.30. The molecule has 1 heterocycles. The van der Waals surface area contributed by atoms with Crippen LogP contribution in [-0.2, 0) is 19.5 Å². The minimum atomic E-state index is -0.0368. The topological polar surface area (TPSA) is 15.7 Å². The molecule has 0 aliphatic carbocycles. The van der Waals surface area contributed by atoms with Gasteiger partial charge >= 0.3 is 19.5 Å². The van der Waals surface area contributed by atoms with Gasteiger partial charge in [-0.25, -0.2) is 0 Å². The van der Waals surface area contributed by atoms with Crippen molar-refractivity contribution in [2.75, 3.05) is 9.80 Å². The third-order valence-corrected chi connectivity index (χ3v) is 6.63. The van der Waals surface area contributed by atoms with E-state index in [9.17, 15) is 0 Å². The zero-order chi connectivity index (χ0) is 25.9. The monoisotopic (exact) mass is 660 g/mol. The molecule has 0 unspecified atom stereocenters. The van der Waals surface area contributed by atoms with Crippen molar-refractivity contribution in [1.29, 1.82) is 0 Å². The number of aryl methyl sites for hydroxylation is 7. The van der Waals surface area contributed by atoms with Gasteiger partial charge in [0.15, 0.2) is 5.50 Å². The van der Waals surface area contributed by atoms with Crippen molar-refractivity contribution in [3.8, 4) is 5.75 Å². The van der Waals surface area contributed by atoms with Crippen molar-refractivity contribution < 1.29 is 49.0 Å². The summed E-state index contributed by atoms with van der Waals surface area (Å²) in [6.45, 7) is 19.1. The van der Waals surface area contributed by atoms with Crippen LogP contribution >= 0.6 is 12.6 Å². The van der Waals surface area contributed by atoms with Gasteiger partial charge in [-0.3, -0.25) is 0 Å². The Kier molecular flexibility index (Phi) is 15.1. The van der Waals surface area contributed by atoms with E-state index < -0.39 is 0 Å². The number of benzene rings is 3. The predicted octanol–water partition coefficient (Wildman–Crippen LogP) is 2.34.